The predicted molar refractivity (Wildman–Crippen MR) is 76.4 cm³/mol. The van der Waals surface area contributed by atoms with Gasteiger partial charge in [0.25, 0.3) is 0 Å². The molecule has 17 heavy (non-hydrogen) atoms. The maximum Gasteiger partial charge on any atom is 0.0975 e. The Morgan fingerprint density at radius 2 is 2.24 bits per heavy atom. The molecule has 0 amide bonds. The van der Waals surface area contributed by atoms with Gasteiger partial charge in [-0.2, -0.15) is 0 Å². The molecule has 0 fully saturated rings. The molecule has 1 heterocycles. The highest BCUT2D eigenvalue weighted by Gasteiger charge is 2.11. The van der Waals surface area contributed by atoms with Crippen LogP contribution in [-0.4, -0.2) is 4.98 Å². The summed E-state index contributed by atoms with van der Waals surface area (Å²) in [7, 11) is 0. The molecule has 2 nitrogen and oxygen atoms in total. The third kappa shape index (κ3) is 3.15. The number of nitrogens with zero attached hydrogens (tertiary/aromatic N) is 1. The summed E-state index contributed by atoms with van der Waals surface area (Å²) in [5.74, 6) is 0. The number of nitrogens with two attached hydrogens (primary N) is 1. The van der Waals surface area contributed by atoms with Crippen LogP contribution in [0.2, 0.25) is 0 Å². The predicted octanol–water partition coefficient (Wildman–Crippen LogP) is 3.82. The number of aryl methyl sites for hydroxylation is 1. The quantitative estimate of drug-likeness (QED) is 0.936. The van der Waals surface area contributed by atoms with Gasteiger partial charge in [-0.1, -0.05) is 28.1 Å². The number of benzene rings is 1. The Hall–Kier alpha value is -0.710. The van der Waals surface area contributed by atoms with Gasteiger partial charge in [0.2, 0.25) is 0 Å². The normalized spacial score (nSPS) is 12.7. The van der Waals surface area contributed by atoms with Gasteiger partial charge >= 0.3 is 0 Å². The number of hydrogen-bond acceptors (Lipinski definition) is 3. The fourth-order valence-corrected chi connectivity index (χ4v) is 3.29. The van der Waals surface area contributed by atoms with E-state index in [0.29, 0.717) is 0 Å². The van der Waals surface area contributed by atoms with E-state index in [-0.39, 0.29) is 6.04 Å². The Labute approximate surface area is 114 Å². The van der Waals surface area contributed by atoms with Crippen LogP contribution in [0.1, 0.15) is 34.1 Å². The molecule has 0 aliphatic carbocycles. The summed E-state index contributed by atoms with van der Waals surface area (Å²) >= 11 is 5.20. The van der Waals surface area contributed by atoms with Crippen molar-refractivity contribution in [3.63, 3.8) is 0 Å². The van der Waals surface area contributed by atoms with E-state index in [9.17, 15) is 0 Å². The van der Waals surface area contributed by atoms with E-state index in [2.05, 4.69) is 33.0 Å². The lowest BCUT2D eigenvalue weighted by molar-refractivity contribution is 0.825. The van der Waals surface area contributed by atoms with Crippen molar-refractivity contribution in [3.8, 4) is 0 Å². The minimum Gasteiger partial charge on any atom is -0.323 e. The smallest absolute Gasteiger partial charge is 0.0975 e. The Balaban J connectivity index is 2.22. The first-order chi connectivity index (χ1) is 8.06. The van der Waals surface area contributed by atoms with Crippen LogP contribution in [0.15, 0.2) is 28.7 Å². The van der Waals surface area contributed by atoms with Crippen molar-refractivity contribution in [2.24, 2.45) is 5.73 Å². The van der Waals surface area contributed by atoms with Crippen molar-refractivity contribution in [1.82, 2.24) is 4.98 Å². The second kappa shape index (κ2) is 5.29. The molecule has 2 rings (SSSR count). The van der Waals surface area contributed by atoms with E-state index in [4.69, 9.17) is 5.73 Å². The highest BCUT2D eigenvalue weighted by Crippen LogP contribution is 2.25. The minimum absolute atomic E-state index is 0.0729. The molecule has 1 unspecified atom stereocenters. The standard InChI is InChI=1S/C13H15BrN2S/c1-8(15)13-9(2)16-12(17-13)7-10-4-3-5-11(14)6-10/h3-6,8H,7,15H2,1-2H3. The van der Waals surface area contributed by atoms with Gasteiger partial charge in [-0.05, 0) is 31.5 Å². The zero-order valence-corrected chi connectivity index (χ0v) is 12.3. The molecule has 0 saturated carbocycles. The van der Waals surface area contributed by atoms with Gasteiger partial charge in [-0.15, -0.1) is 11.3 Å². The number of halogens is 1. The van der Waals surface area contributed by atoms with Crippen molar-refractivity contribution in [1.29, 1.82) is 0 Å². The monoisotopic (exact) mass is 310 g/mol. The molecule has 1 aromatic carbocycles. The SMILES string of the molecule is Cc1nc(Cc2cccc(Br)c2)sc1C(C)N. The van der Waals surface area contributed by atoms with Crippen molar-refractivity contribution in [3.05, 3.63) is 49.9 Å². The van der Waals surface area contributed by atoms with Gasteiger partial charge in [0.05, 0.1) is 10.7 Å². The van der Waals surface area contributed by atoms with Crippen LogP contribution in [0, 0.1) is 6.92 Å². The van der Waals surface area contributed by atoms with Crippen LogP contribution in [-0.2, 0) is 6.42 Å². The number of hydrogen-bond donors (Lipinski definition) is 1. The molecule has 90 valence electrons. The van der Waals surface area contributed by atoms with Gasteiger partial charge < -0.3 is 5.73 Å². The fourth-order valence-electron chi connectivity index (χ4n) is 1.79. The lowest BCUT2D eigenvalue weighted by Crippen LogP contribution is -2.03. The molecule has 0 aliphatic rings. The lowest BCUT2D eigenvalue weighted by Gasteiger charge is -2.00. The maximum atomic E-state index is 5.91. The highest BCUT2D eigenvalue weighted by molar-refractivity contribution is 9.10. The average molecular weight is 311 g/mol. The summed E-state index contributed by atoms with van der Waals surface area (Å²) in [6, 6.07) is 8.40. The van der Waals surface area contributed by atoms with E-state index in [1.807, 2.05) is 26.0 Å². The second-order valence-electron chi connectivity index (χ2n) is 4.15. The van der Waals surface area contributed by atoms with Crippen molar-refractivity contribution >= 4 is 27.3 Å². The first kappa shape index (κ1) is 12.7. The molecule has 0 saturated heterocycles. The molecule has 0 spiro atoms. The summed E-state index contributed by atoms with van der Waals surface area (Å²) in [6.45, 7) is 4.03. The van der Waals surface area contributed by atoms with E-state index in [1.54, 1.807) is 11.3 Å². The van der Waals surface area contributed by atoms with Gasteiger partial charge in [0.1, 0.15) is 0 Å². The fraction of sp³-hybridized carbons (Fsp3) is 0.308. The average Bonchev–Trinajstić information content (AvgIpc) is 2.59. The zero-order chi connectivity index (χ0) is 12.4. The van der Waals surface area contributed by atoms with E-state index in [0.717, 1.165) is 21.6 Å². The first-order valence-electron chi connectivity index (χ1n) is 5.52. The topological polar surface area (TPSA) is 38.9 Å². The molecule has 1 atom stereocenters. The van der Waals surface area contributed by atoms with Gasteiger partial charge in [0, 0.05) is 21.8 Å². The molecular formula is C13H15BrN2S. The van der Waals surface area contributed by atoms with Crippen LogP contribution < -0.4 is 5.73 Å². The summed E-state index contributed by atoms with van der Waals surface area (Å²) < 4.78 is 1.11. The summed E-state index contributed by atoms with van der Waals surface area (Å²) in [5, 5.41) is 1.13. The Morgan fingerprint density at radius 3 is 2.82 bits per heavy atom. The molecule has 4 heteroatoms. The van der Waals surface area contributed by atoms with E-state index < -0.39 is 0 Å². The summed E-state index contributed by atoms with van der Waals surface area (Å²) in [4.78, 5) is 5.77. The molecular weight excluding hydrogens is 296 g/mol. The van der Waals surface area contributed by atoms with Crippen LogP contribution in [0.3, 0.4) is 0 Å². The molecule has 0 bridgehead atoms. The number of aromatic nitrogens is 1. The van der Waals surface area contributed by atoms with Crippen LogP contribution >= 0.6 is 27.3 Å². The van der Waals surface area contributed by atoms with E-state index >= 15 is 0 Å². The van der Waals surface area contributed by atoms with Crippen LogP contribution in [0.5, 0.6) is 0 Å². The molecule has 0 aliphatic heterocycles. The highest BCUT2D eigenvalue weighted by atomic mass is 79.9. The molecule has 1 aromatic heterocycles. The Bertz CT molecular complexity index is 520. The largest absolute Gasteiger partial charge is 0.323 e. The van der Waals surface area contributed by atoms with Crippen molar-refractivity contribution < 1.29 is 0 Å². The van der Waals surface area contributed by atoms with Gasteiger partial charge in [0.15, 0.2) is 0 Å². The maximum absolute atomic E-state index is 5.91. The molecule has 0 radical (unpaired) electrons. The van der Waals surface area contributed by atoms with Gasteiger partial charge in [-0.3, -0.25) is 0 Å². The number of thiazole rings is 1. The second-order valence-corrected chi connectivity index (χ2v) is 6.18. The Kier molecular flexibility index (Phi) is 3.97. The zero-order valence-electron chi connectivity index (χ0n) is 9.90. The van der Waals surface area contributed by atoms with Crippen molar-refractivity contribution in [2.45, 2.75) is 26.3 Å². The minimum atomic E-state index is 0.0729. The third-order valence-corrected chi connectivity index (χ3v) is 4.39. The van der Waals surface area contributed by atoms with Crippen LogP contribution in [0.25, 0.3) is 0 Å². The molecule has 2 aromatic rings. The van der Waals surface area contributed by atoms with E-state index in [1.165, 1.54) is 10.4 Å². The summed E-state index contributed by atoms with van der Waals surface area (Å²) in [5.41, 5.74) is 8.24. The summed E-state index contributed by atoms with van der Waals surface area (Å²) in [6.07, 6.45) is 0.873. The van der Waals surface area contributed by atoms with Gasteiger partial charge in [-0.25, -0.2) is 4.98 Å². The number of rotatable bonds is 3. The third-order valence-electron chi connectivity index (χ3n) is 2.53. The van der Waals surface area contributed by atoms with Crippen molar-refractivity contribution in [2.75, 3.05) is 0 Å². The molecule has 2 N–H and O–H groups in total. The first-order valence-corrected chi connectivity index (χ1v) is 7.13. The lowest BCUT2D eigenvalue weighted by atomic mass is 10.2. The van der Waals surface area contributed by atoms with Crippen LogP contribution in [0.4, 0.5) is 0 Å². The Morgan fingerprint density at radius 1 is 1.47 bits per heavy atom.